The minimum absolute atomic E-state index is 0.0311. The van der Waals surface area contributed by atoms with Crippen molar-refractivity contribution >= 4 is 29.4 Å². The number of carbonyl (C=O) groups excluding carboxylic acids is 3. The maximum Gasteiger partial charge on any atom is 0.333 e. The van der Waals surface area contributed by atoms with Gasteiger partial charge in [-0.2, -0.15) is 0 Å². The number of carbonyl (C=O) groups is 3. The predicted octanol–water partition coefficient (Wildman–Crippen LogP) is 4.73. The van der Waals surface area contributed by atoms with E-state index in [-0.39, 0.29) is 30.4 Å². The monoisotopic (exact) mass is 535 g/mol. The average Bonchev–Trinajstić information content (AvgIpc) is 2.79. The third kappa shape index (κ3) is 8.57. The zero-order chi connectivity index (χ0) is 28.7. The Labute approximate surface area is 228 Å². The van der Waals surface area contributed by atoms with Gasteiger partial charge >= 0.3 is 5.97 Å². The maximum absolute atomic E-state index is 13.8. The van der Waals surface area contributed by atoms with Crippen LogP contribution < -0.4 is 10.6 Å². The van der Waals surface area contributed by atoms with E-state index in [1.807, 2.05) is 60.6 Å². The zero-order valence-corrected chi connectivity index (χ0v) is 25.1. The van der Waals surface area contributed by atoms with E-state index in [1.165, 1.54) is 0 Å². The van der Waals surface area contributed by atoms with Crippen LogP contribution in [0.5, 0.6) is 0 Å². The van der Waals surface area contributed by atoms with Crippen LogP contribution in [0.1, 0.15) is 67.9 Å². The van der Waals surface area contributed by atoms with Crippen molar-refractivity contribution in [1.82, 2.24) is 15.5 Å². The van der Waals surface area contributed by atoms with Gasteiger partial charge in [-0.3, -0.25) is 9.59 Å². The highest BCUT2D eigenvalue weighted by molar-refractivity contribution is 6.30. The lowest BCUT2D eigenvalue weighted by Gasteiger charge is -2.40. The molecule has 0 aromatic heterocycles. The molecule has 2 amide bonds. The lowest BCUT2D eigenvalue weighted by atomic mass is 9.76. The summed E-state index contributed by atoms with van der Waals surface area (Å²) >= 11 is 6.07. The predicted molar refractivity (Wildman–Crippen MR) is 150 cm³/mol. The Balaban J connectivity index is 3.30. The van der Waals surface area contributed by atoms with Gasteiger partial charge in [-0.1, -0.05) is 78.3 Å². The molecule has 1 aromatic rings. The third-order valence-electron chi connectivity index (χ3n) is 6.76. The van der Waals surface area contributed by atoms with E-state index in [9.17, 15) is 14.4 Å². The van der Waals surface area contributed by atoms with Crippen molar-refractivity contribution in [2.45, 2.75) is 85.9 Å². The van der Waals surface area contributed by atoms with Gasteiger partial charge in [0.25, 0.3) is 0 Å². The summed E-state index contributed by atoms with van der Waals surface area (Å²) in [5, 5.41) is 6.80. The normalized spacial score (nSPS) is 15.1. The standard InChI is InChI=1S/C29H46ClN3O4/c1-12-37-27(36)19(4)17-22(18(2)3)33(11)26(35)24(28(5,6)7)32-25(34)23(31-10)29(8,9)20-13-15-21(30)16-14-20/h13-18,22-24,31H,12H2,1-11H3,(H,32,34)/b19-17+/t22-,23+,24-/m1/s1. The molecule has 37 heavy (non-hydrogen) atoms. The SMILES string of the molecule is CCOC(=O)/C(C)=C/[C@H](C(C)C)N(C)C(=O)[C@@H](NC(=O)[C@H](NC)C(C)(C)c1ccc(Cl)cc1)C(C)(C)C. The number of rotatable bonds is 11. The molecule has 0 heterocycles. The fourth-order valence-electron chi connectivity index (χ4n) is 4.41. The van der Waals surface area contributed by atoms with Crippen LogP contribution in [0.3, 0.4) is 0 Å². The van der Waals surface area contributed by atoms with E-state index in [2.05, 4.69) is 10.6 Å². The molecule has 0 spiro atoms. The summed E-state index contributed by atoms with van der Waals surface area (Å²) in [6, 6.07) is 5.67. The number of nitrogens with zero attached hydrogens (tertiary/aromatic N) is 1. The summed E-state index contributed by atoms with van der Waals surface area (Å²) in [6.45, 7) is 17.4. The number of ether oxygens (including phenoxy) is 1. The fourth-order valence-corrected chi connectivity index (χ4v) is 4.54. The molecular weight excluding hydrogens is 490 g/mol. The molecule has 0 radical (unpaired) electrons. The van der Waals surface area contributed by atoms with Gasteiger partial charge in [0, 0.05) is 23.1 Å². The number of esters is 1. The lowest BCUT2D eigenvalue weighted by Crippen LogP contribution is -2.61. The molecule has 0 bridgehead atoms. The van der Waals surface area contributed by atoms with Crippen LogP contribution in [0, 0.1) is 11.3 Å². The summed E-state index contributed by atoms with van der Waals surface area (Å²) in [4.78, 5) is 41.3. The first kappa shape index (κ1) is 32.6. The topological polar surface area (TPSA) is 87.7 Å². The number of likely N-dealkylation sites (N-methyl/N-ethyl adjacent to an activating group) is 2. The molecule has 0 saturated heterocycles. The van der Waals surface area contributed by atoms with Crippen LogP contribution >= 0.6 is 11.6 Å². The zero-order valence-electron chi connectivity index (χ0n) is 24.4. The van der Waals surface area contributed by atoms with E-state index >= 15 is 0 Å². The Morgan fingerprint density at radius 1 is 1.05 bits per heavy atom. The van der Waals surface area contributed by atoms with Crippen LogP contribution in [0.4, 0.5) is 0 Å². The van der Waals surface area contributed by atoms with Crippen LogP contribution in [0.25, 0.3) is 0 Å². The van der Waals surface area contributed by atoms with Crippen molar-refractivity contribution in [3.8, 4) is 0 Å². The molecule has 0 aliphatic rings. The van der Waals surface area contributed by atoms with Gasteiger partial charge in [0.1, 0.15) is 6.04 Å². The van der Waals surface area contributed by atoms with Crippen molar-refractivity contribution in [2.24, 2.45) is 11.3 Å². The lowest BCUT2D eigenvalue weighted by molar-refractivity contribution is -0.141. The number of hydrogen-bond donors (Lipinski definition) is 2. The maximum atomic E-state index is 13.8. The smallest absolute Gasteiger partial charge is 0.333 e. The van der Waals surface area contributed by atoms with E-state index in [0.717, 1.165) is 5.56 Å². The van der Waals surface area contributed by atoms with E-state index in [4.69, 9.17) is 16.3 Å². The molecule has 1 rings (SSSR count). The average molecular weight is 536 g/mol. The second-order valence-electron chi connectivity index (χ2n) is 11.5. The van der Waals surface area contributed by atoms with Crippen LogP contribution in [-0.4, -0.2) is 61.5 Å². The number of benzene rings is 1. The number of hydrogen-bond acceptors (Lipinski definition) is 5. The molecule has 2 N–H and O–H groups in total. The van der Waals surface area contributed by atoms with E-state index < -0.39 is 28.9 Å². The van der Waals surface area contributed by atoms with Gasteiger partial charge in [0.15, 0.2) is 0 Å². The van der Waals surface area contributed by atoms with Gasteiger partial charge in [-0.05, 0) is 49.9 Å². The highest BCUT2D eigenvalue weighted by Gasteiger charge is 2.41. The van der Waals surface area contributed by atoms with E-state index in [0.29, 0.717) is 10.6 Å². The Morgan fingerprint density at radius 3 is 2.03 bits per heavy atom. The Morgan fingerprint density at radius 2 is 1.59 bits per heavy atom. The molecule has 1 aromatic carbocycles. The first-order valence-electron chi connectivity index (χ1n) is 12.8. The summed E-state index contributed by atoms with van der Waals surface area (Å²) < 4.78 is 5.11. The van der Waals surface area contributed by atoms with Gasteiger partial charge in [-0.25, -0.2) is 4.79 Å². The number of amides is 2. The second kappa shape index (κ2) is 13.4. The summed E-state index contributed by atoms with van der Waals surface area (Å²) in [6.07, 6.45) is 1.77. The molecule has 3 atom stereocenters. The minimum atomic E-state index is -0.792. The van der Waals surface area contributed by atoms with Gasteiger partial charge in [-0.15, -0.1) is 0 Å². The minimum Gasteiger partial charge on any atom is -0.463 e. The summed E-state index contributed by atoms with van der Waals surface area (Å²) in [5.74, 6) is -0.880. The summed E-state index contributed by atoms with van der Waals surface area (Å²) in [7, 11) is 3.44. The Kier molecular flexibility index (Phi) is 11.8. The van der Waals surface area contributed by atoms with Crippen molar-refractivity contribution < 1.29 is 19.1 Å². The molecule has 0 aliphatic carbocycles. The van der Waals surface area contributed by atoms with Crippen molar-refractivity contribution in [3.05, 3.63) is 46.5 Å². The van der Waals surface area contributed by atoms with E-state index in [1.54, 1.807) is 51.1 Å². The molecule has 0 unspecified atom stereocenters. The summed E-state index contributed by atoms with van der Waals surface area (Å²) in [5.41, 5.74) is 0.240. The van der Waals surface area contributed by atoms with Crippen molar-refractivity contribution in [2.75, 3.05) is 20.7 Å². The molecule has 7 nitrogen and oxygen atoms in total. The largest absolute Gasteiger partial charge is 0.463 e. The van der Waals surface area contributed by atoms with Crippen LogP contribution in [0.2, 0.25) is 5.02 Å². The van der Waals surface area contributed by atoms with Crippen molar-refractivity contribution in [3.63, 3.8) is 0 Å². The van der Waals surface area contributed by atoms with Gasteiger partial charge in [0.2, 0.25) is 11.8 Å². The molecule has 8 heteroatoms. The van der Waals surface area contributed by atoms with Crippen LogP contribution in [-0.2, 0) is 24.5 Å². The van der Waals surface area contributed by atoms with Gasteiger partial charge in [0.05, 0.1) is 18.7 Å². The molecule has 0 saturated carbocycles. The molecule has 208 valence electrons. The first-order valence-corrected chi connectivity index (χ1v) is 13.2. The second-order valence-corrected chi connectivity index (χ2v) is 11.9. The quantitative estimate of drug-likeness (QED) is 0.316. The molecule has 0 fully saturated rings. The highest BCUT2D eigenvalue weighted by Crippen LogP contribution is 2.30. The molecule has 0 aliphatic heterocycles. The number of nitrogens with one attached hydrogen (secondary N) is 2. The first-order chi connectivity index (χ1) is 17.0. The number of halogens is 1. The van der Waals surface area contributed by atoms with Gasteiger partial charge < -0.3 is 20.3 Å². The fraction of sp³-hybridized carbons (Fsp3) is 0.621. The molecular formula is C29H46ClN3O4. The Bertz CT molecular complexity index is 964. The third-order valence-corrected chi connectivity index (χ3v) is 7.01. The van der Waals surface area contributed by atoms with Crippen LogP contribution in [0.15, 0.2) is 35.9 Å². The van der Waals surface area contributed by atoms with Crippen molar-refractivity contribution in [1.29, 1.82) is 0 Å². The Hall–Kier alpha value is -2.38. The highest BCUT2D eigenvalue weighted by atomic mass is 35.5.